The normalized spacial score (nSPS) is 23.2. The Kier molecular flexibility index (Phi) is 4.39. The molecule has 0 radical (unpaired) electrons. The quantitative estimate of drug-likeness (QED) is 0.917. The van der Waals surface area contributed by atoms with Gasteiger partial charge in [0.15, 0.2) is 0 Å². The van der Waals surface area contributed by atoms with Crippen LogP contribution in [-0.4, -0.2) is 42.6 Å². The average molecular weight is 317 g/mol. The summed E-state index contributed by atoms with van der Waals surface area (Å²) in [6.45, 7) is 5.41. The van der Waals surface area contributed by atoms with Crippen LogP contribution in [0.25, 0.3) is 0 Å². The van der Waals surface area contributed by atoms with E-state index in [1.165, 1.54) is 16.4 Å². The van der Waals surface area contributed by atoms with Gasteiger partial charge in [0, 0.05) is 13.1 Å². The van der Waals surface area contributed by atoms with E-state index in [2.05, 4.69) is 0 Å². The molecule has 5 nitrogen and oxygen atoms in total. The standard InChI is InChI=1S/C14H20FNO4S/c1-10-7-16(9-14(2,3)20-10)21(18,19)13-5-4-11(8-17)6-12(13)15/h4-6,10,17H,7-9H2,1-3H3. The molecule has 1 unspecified atom stereocenters. The number of hydrogen-bond donors (Lipinski definition) is 1. The second-order valence-electron chi connectivity index (χ2n) is 5.91. The highest BCUT2D eigenvalue weighted by Crippen LogP contribution is 2.27. The summed E-state index contributed by atoms with van der Waals surface area (Å²) in [5, 5.41) is 8.96. The lowest BCUT2D eigenvalue weighted by Gasteiger charge is -2.40. The summed E-state index contributed by atoms with van der Waals surface area (Å²) in [5.41, 5.74) is -0.283. The van der Waals surface area contributed by atoms with Gasteiger partial charge >= 0.3 is 0 Å². The third kappa shape index (κ3) is 3.42. The molecule has 118 valence electrons. The van der Waals surface area contributed by atoms with Crippen LogP contribution >= 0.6 is 0 Å². The smallest absolute Gasteiger partial charge is 0.246 e. The van der Waals surface area contributed by atoms with Crippen molar-refractivity contribution in [3.63, 3.8) is 0 Å². The average Bonchev–Trinajstić information content (AvgIpc) is 2.35. The second kappa shape index (κ2) is 5.64. The summed E-state index contributed by atoms with van der Waals surface area (Å²) in [7, 11) is -3.92. The van der Waals surface area contributed by atoms with Crippen LogP contribution in [0, 0.1) is 5.82 Å². The van der Waals surface area contributed by atoms with E-state index in [4.69, 9.17) is 9.84 Å². The van der Waals surface area contributed by atoms with E-state index >= 15 is 0 Å². The molecule has 1 aromatic rings. The van der Waals surface area contributed by atoms with Crippen LogP contribution in [0.3, 0.4) is 0 Å². The van der Waals surface area contributed by atoms with E-state index < -0.39 is 21.4 Å². The first-order valence-corrected chi connectivity index (χ1v) is 8.17. The zero-order chi connectivity index (χ0) is 15.8. The summed E-state index contributed by atoms with van der Waals surface area (Å²) in [5.74, 6) is -0.849. The molecule has 1 heterocycles. The van der Waals surface area contributed by atoms with Gasteiger partial charge in [0.25, 0.3) is 0 Å². The van der Waals surface area contributed by atoms with Crippen LogP contribution in [0.15, 0.2) is 23.1 Å². The summed E-state index contributed by atoms with van der Waals surface area (Å²) in [4.78, 5) is -0.371. The van der Waals surface area contributed by atoms with Gasteiger partial charge in [0.05, 0.1) is 18.3 Å². The van der Waals surface area contributed by atoms with Crippen LogP contribution in [0.2, 0.25) is 0 Å². The molecule has 0 spiro atoms. The van der Waals surface area contributed by atoms with Crippen molar-refractivity contribution in [2.24, 2.45) is 0 Å². The minimum Gasteiger partial charge on any atom is -0.392 e. The lowest BCUT2D eigenvalue weighted by molar-refractivity contribution is -0.109. The second-order valence-corrected chi connectivity index (χ2v) is 7.81. The van der Waals surface area contributed by atoms with Crippen molar-refractivity contribution in [2.75, 3.05) is 13.1 Å². The summed E-state index contributed by atoms with van der Waals surface area (Å²) >= 11 is 0. The number of benzene rings is 1. The molecule has 0 bridgehead atoms. The van der Waals surface area contributed by atoms with E-state index in [-0.39, 0.29) is 30.7 Å². The van der Waals surface area contributed by atoms with Crippen molar-refractivity contribution in [1.29, 1.82) is 0 Å². The van der Waals surface area contributed by atoms with E-state index in [0.29, 0.717) is 5.56 Å². The Morgan fingerprint density at radius 1 is 1.48 bits per heavy atom. The van der Waals surface area contributed by atoms with Crippen LogP contribution in [0.1, 0.15) is 26.3 Å². The summed E-state index contributed by atoms with van der Waals surface area (Å²) in [6, 6.07) is 3.65. The number of morpholine rings is 1. The fraction of sp³-hybridized carbons (Fsp3) is 0.571. The molecule has 1 aliphatic rings. The molecule has 2 rings (SSSR count). The van der Waals surface area contributed by atoms with Gasteiger partial charge in [0.2, 0.25) is 10.0 Å². The van der Waals surface area contributed by atoms with Gasteiger partial charge in [-0.25, -0.2) is 12.8 Å². The lowest BCUT2D eigenvalue weighted by atomic mass is 10.1. The van der Waals surface area contributed by atoms with Crippen LogP contribution in [0.5, 0.6) is 0 Å². The summed E-state index contributed by atoms with van der Waals surface area (Å²) < 4.78 is 46.2. The van der Waals surface area contributed by atoms with Gasteiger partial charge in [0.1, 0.15) is 10.7 Å². The van der Waals surface area contributed by atoms with E-state index in [1.807, 2.05) is 0 Å². The molecule has 1 fully saturated rings. The Hall–Kier alpha value is -1.02. The minimum atomic E-state index is -3.92. The molecule has 1 N–H and O–H groups in total. The maximum atomic E-state index is 14.0. The third-order valence-electron chi connectivity index (χ3n) is 3.33. The van der Waals surface area contributed by atoms with Crippen molar-refractivity contribution < 1.29 is 22.7 Å². The fourth-order valence-corrected chi connectivity index (χ4v) is 4.28. The number of nitrogens with zero attached hydrogens (tertiary/aromatic N) is 1. The summed E-state index contributed by atoms with van der Waals surface area (Å²) in [6.07, 6.45) is -0.261. The molecule has 0 saturated carbocycles. The van der Waals surface area contributed by atoms with Crippen LogP contribution in [-0.2, 0) is 21.4 Å². The number of ether oxygens (including phenoxy) is 1. The van der Waals surface area contributed by atoms with E-state index in [0.717, 1.165) is 6.07 Å². The van der Waals surface area contributed by atoms with Crippen LogP contribution < -0.4 is 0 Å². The monoisotopic (exact) mass is 317 g/mol. The number of halogens is 1. The maximum Gasteiger partial charge on any atom is 0.246 e. The molecule has 0 aromatic heterocycles. The molecular formula is C14H20FNO4S. The van der Waals surface area contributed by atoms with Gasteiger partial charge < -0.3 is 9.84 Å². The zero-order valence-electron chi connectivity index (χ0n) is 12.3. The Morgan fingerprint density at radius 2 is 2.14 bits per heavy atom. The van der Waals surface area contributed by atoms with E-state index in [9.17, 15) is 12.8 Å². The van der Waals surface area contributed by atoms with Crippen molar-refractivity contribution in [3.8, 4) is 0 Å². The Morgan fingerprint density at radius 3 is 2.67 bits per heavy atom. The SMILES string of the molecule is CC1CN(S(=O)(=O)c2ccc(CO)cc2F)CC(C)(C)O1. The third-order valence-corrected chi connectivity index (χ3v) is 5.18. The zero-order valence-corrected chi connectivity index (χ0v) is 13.2. The molecule has 1 aromatic carbocycles. The number of rotatable bonds is 3. The largest absolute Gasteiger partial charge is 0.392 e. The predicted molar refractivity (Wildman–Crippen MR) is 75.7 cm³/mol. The topological polar surface area (TPSA) is 66.8 Å². The molecule has 1 saturated heterocycles. The van der Waals surface area contributed by atoms with Gasteiger partial charge in [-0.05, 0) is 38.5 Å². The highest BCUT2D eigenvalue weighted by Gasteiger charge is 2.38. The van der Waals surface area contributed by atoms with Crippen LogP contribution in [0.4, 0.5) is 4.39 Å². The van der Waals surface area contributed by atoms with Gasteiger partial charge in [-0.15, -0.1) is 0 Å². The highest BCUT2D eigenvalue weighted by atomic mass is 32.2. The number of sulfonamides is 1. The molecule has 0 aliphatic carbocycles. The number of hydrogen-bond acceptors (Lipinski definition) is 4. The Labute approximate surface area is 124 Å². The highest BCUT2D eigenvalue weighted by molar-refractivity contribution is 7.89. The molecule has 0 amide bonds. The van der Waals surface area contributed by atoms with Gasteiger partial charge in [-0.1, -0.05) is 6.07 Å². The first-order chi connectivity index (χ1) is 9.65. The number of aliphatic hydroxyl groups excluding tert-OH is 1. The number of aliphatic hydroxyl groups is 1. The molecular weight excluding hydrogens is 297 g/mol. The van der Waals surface area contributed by atoms with Crippen molar-refractivity contribution in [2.45, 2.75) is 44.0 Å². The predicted octanol–water partition coefficient (Wildman–Crippen LogP) is 1.51. The van der Waals surface area contributed by atoms with Crippen molar-refractivity contribution in [3.05, 3.63) is 29.6 Å². The Balaban J connectivity index is 2.38. The molecule has 1 aliphatic heterocycles. The molecule has 7 heteroatoms. The minimum absolute atomic E-state index is 0.168. The van der Waals surface area contributed by atoms with Gasteiger partial charge in [-0.2, -0.15) is 4.31 Å². The van der Waals surface area contributed by atoms with E-state index in [1.54, 1.807) is 20.8 Å². The molecule has 21 heavy (non-hydrogen) atoms. The molecule has 1 atom stereocenters. The fourth-order valence-electron chi connectivity index (χ4n) is 2.57. The van der Waals surface area contributed by atoms with Crippen molar-refractivity contribution in [1.82, 2.24) is 4.31 Å². The van der Waals surface area contributed by atoms with Gasteiger partial charge in [-0.3, -0.25) is 0 Å². The Bertz CT molecular complexity index is 630. The lowest BCUT2D eigenvalue weighted by Crippen LogP contribution is -2.53. The first kappa shape index (κ1) is 16.4. The van der Waals surface area contributed by atoms with Crippen molar-refractivity contribution >= 4 is 10.0 Å². The first-order valence-electron chi connectivity index (χ1n) is 6.73. The maximum absolute atomic E-state index is 14.0.